The zero-order chi connectivity index (χ0) is 24.0. The summed E-state index contributed by atoms with van der Waals surface area (Å²) < 4.78 is 1.91. The quantitative estimate of drug-likeness (QED) is 0.253. The molecule has 1 aromatic heterocycles. The molecule has 0 radical (unpaired) electrons. The Morgan fingerprint density at radius 3 is 2.11 bits per heavy atom. The number of benzene rings is 3. The first kappa shape index (κ1) is 23.3. The van der Waals surface area contributed by atoms with Crippen molar-refractivity contribution in [2.24, 2.45) is 0 Å². The zero-order valence-electron chi connectivity index (χ0n) is 19.1. The topological polar surface area (TPSA) is 62.3 Å². The first-order valence-electron chi connectivity index (χ1n) is 11.7. The molecule has 0 aliphatic carbocycles. The fourth-order valence-electron chi connectivity index (χ4n) is 4.06. The third kappa shape index (κ3) is 5.47. The number of amides is 2. The number of hydrogen-bond donors (Lipinski definition) is 1. The maximum atomic E-state index is 13.9. The van der Waals surface area contributed by atoms with Gasteiger partial charge in [0.25, 0.3) is 11.8 Å². The minimum absolute atomic E-state index is 0.151. The van der Waals surface area contributed by atoms with E-state index in [2.05, 4.69) is 5.32 Å². The number of carbonyl (C=O) groups excluding carboxylic acids is 2. The molecule has 2 amide bonds. The number of likely N-dealkylation sites (tertiary alicyclic amines) is 1. The van der Waals surface area contributed by atoms with Crippen molar-refractivity contribution in [2.45, 2.75) is 23.6 Å². The molecule has 3 aromatic carbocycles. The number of carbonyl (C=O) groups is 2. The molecule has 1 N–H and O–H groups in total. The van der Waals surface area contributed by atoms with Crippen LogP contribution in [0, 0.1) is 0 Å². The summed E-state index contributed by atoms with van der Waals surface area (Å²) in [5.74, 6) is -0.453. The summed E-state index contributed by atoms with van der Waals surface area (Å²) in [6, 6.07) is 26.7. The zero-order valence-corrected chi connectivity index (χ0v) is 20.8. The highest BCUT2D eigenvalue weighted by atomic mass is 32.2. The van der Waals surface area contributed by atoms with Gasteiger partial charge < -0.3 is 10.2 Å². The fraction of sp³-hybridized carbons (Fsp3) is 0.179. The van der Waals surface area contributed by atoms with Gasteiger partial charge in [0, 0.05) is 18.7 Å². The second-order valence-electron chi connectivity index (χ2n) is 8.29. The number of fused-ring (bicyclic) bond motifs is 1. The van der Waals surface area contributed by atoms with E-state index in [0.29, 0.717) is 29.3 Å². The maximum absolute atomic E-state index is 13.9. The van der Waals surface area contributed by atoms with E-state index in [1.807, 2.05) is 77.7 Å². The standard InChI is InChI=1S/C28H25N3O2S2/c32-26(21-14-6-2-7-15-21)30-24(27(33)31-18-10-3-11-19-31)25(20-12-4-1-5-13-20)35-28-29-22-16-8-9-17-23(22)34-28/h1-2,4-9,12-17H,3,10-11,18-19H2,(H,30,32)/b25-24+. The Morgan fingerprint density at radius 2 is 1.43 bits per heavy atom. The molecule has 0 unspecified atom stereocenters. The summed E-state index contributed by atoms with van der Waals surface area (Å²) in [4.78, 5) is 34.4. The number of thioether (sulfide) groups is 1. The number of hydrogen-bond acceptors (Lipinski definition) is 5. The lowest BCUT2D eigenvalue weighted by Gasteiger charge is -2.28. The van der Waals surface area contributed by atoms with Crippen LogP contribution in [-0.4, -0.2) is 34.8 Å². The van der Waals surface area contributed by atoms with Gasteiger partial charge in [0.15, 0.2) is 4.34 Å². The van der Waals surface area contributed by atoms with Gasteiger partial charge in [-0.3, -0.25) is 9.59 Å². The third-order valence-electron chi connectivity index (χ3n) is 5.86. The number of thiazole rings is 1. The van der Waals surface area contributed by atoms with Crippen molar-refractivity contribution in [1.82, 2.24) is 15.2 Å². The SMILES string of the molecule is O=C(N/C(C(=O)N1CCCCC1)=C(/Sc1nc2ccccc2s1)c1ccccc1)c1ccccc1. The summed E-state index contributed by atoms with van der Waals surface area (Å²) in [6.07, 6.45) is 3.06. The second kappa shape index (κ2) is 10.9. The van der Waals surface area contributed by atoms with E-state index in [-0.39, 0.29) is 11.8 Å². The number of aromatic nitrogens is 1. The molecule has 5 rings (SSSR count). The lowest BCUT2D eigenvalue weighted by molar-refractivity contribution is -0.128. The first-order valence-corrected chi connectivity index (χ1v) is 13.3. The molecule has 35 heavy (non-hydrogen) atoms. The molecule has 1 fully saturated rings. The van der Waals surface area contributed by atoms with Gasteiger partial charge in [0.05, 0.1) is 15.1 Å². The lowest BCUT2D eigenvalue weighted by atomic mass is 10.1. The average molecular weight is 500 g/mol. The summed E-state index contributed by atoms with van der Waals surface area (Å²) in [6.45, 7) is 1.38. The van der Waals surface area contributed by atoms with E-state index in [9.17, 15) is 9.59 Å². The Kier molecular flexibility index (Phi) is 7.25. The monoisotopic (exact) mass is 499 g/mol. The van der Waals surface area contributed by atoms with Crippen molar-refractivity contribution >= 4 is 50.0 Å². The van der Waals surface area contributed by atoms with Crippen molar-refractivity contribution in [3.8, 4) is 0 Å². The highest BCUT2D eigenvalue weighted by molar-refractivity contribution is 8.09. The minimum Gasteiger partial charge on any atom is -0.337 e. The number of para-hydroxylation sites is 1. The Hall–Kier alpha value is -3.42. The van der Waals surface area contributed by atoms with Crippen molar-refractivity contribution in [3.05, 3.63) is 102 Å². The second-order valence-corrected chi connectivity index (χ2v) is 10.6. The van der Waals surface area contributed by atoms with Gasteiger partial charge in [-0.2, -0.15) is 0 Å². The molecule has 4 aromatic rings. The molecule has 2 heterocycles. The molecule has 0 saturated carbocycles. The van der Waals surface area contributed by atoms with Crippen LogP contribution in [0.2, 0.25) is 0 Å². The summed E-state index contributed by atoms with van der Waals surface area (Å²) in [7, 11) is 0. The molecule has 176 valence electrons. The molecule has 0 bridgehead atoms. The van der Waals surface area contributed by atoms with Crippen molar-refractivity contribution < 1.29 is 9.59 Å². The van der Waals surface area contributed by atoms with Gasteiger partial charge in [-0.05, 0) is 49.1 Å². The lowest BCUT2D eigenvalue weighted by Crippen LogP contribution is -2.41. The van der Waals surface area contributed by atoms with E-state index in [0.717, 1.165) is 39.4 Å². The van der Waals surface area contributed by atoms with Crippen LogP contribution in [-0.2, 0) is 4.79 Å². The van der Waals surface area contributed by atoms with E-state index >= 15 is 0 Å². The average Bonchev–Trinajstić information content (AvgIpc) is 3.34. The van der Waals surface area contributed by atoms with Crippen molar-refractivity contribution in [1.29, 1.82) is 0 Å². The Bertz CT molecular complexity index is 1330. The van der Waals surface area contributed by atoms with Gasteiger partial charge in [0.1, 0.15) is 5.70 Å². The Morgan fingerprint density at radius 1 is 0.800 bits per heavy atom. The molecule has 7 heteroatoms. The molecule has 0 spiro atoms. The maximum Gasteiger partial charge on any atom is 0.271 e. The van der Waals surface area contributed by atoms with Crippen LogP contribution in [0.4, 0.5) is 0 Å². The normalized spacial score (nSPS) is 14.5. The van der Waals surface area contributed by atoms with Gasteiger partial charge in [-0.25, -0.2) is 4.98 Å². The van der Waals surface area contributed by atoms with E-state index in [1.165, 1.54) is 11.8 Å². The molecule has 1 saturated heterocycles. The Labute approximate surface area is 212 Å². The fourth-order valence-corrected chi connectivity index (χ4v) is 6.26. The molecule has 1 aliphatic rings. The van der Waals surface area contributed by atoms with Crippen LogP contribution in [0.1, 0.15) is 35.2 Å². The molecular weight excluding hydrogens is 474 g/mol. The Balaban J connectivity index is 1.61. The van der Waals surface area contributed by atoms with E-state index < -0.39 is 0 Å². The van der Waals surface area contributed by atoms with Crippen LogP contribution in [0.5, 0.6) is 0 Å². The van der Waals surface area contributed by atoms with Crippen LogP contribution in [0.15, 0.2) is 95.0 Å². The van der Waals surface area contributed by atoms with Gasteiger partial charge in [-0.15, -0.1) is 11.3 Å². The first-order chi connectivity index (χ1) is 17.2. The van der Waals surface area contributed by atoms with Gasteiger partial charge in [0.2, 0.25) is 0 Å². The highest BCUT2D eigenvalue weighted by Crippen LogP contribution is 2.40. The summed E-state index contributed by atoms with van der Waals surface area (Å²) in [5, 5.41) is 2.99. The number of rotatable bonds is 6. The number of piperidine rings is 1. The molecule has 0 atom stereocenters. The third-order valence-corrected chi connectivity index (χ3v) is 8.10. The van der Waals surface area contributed by atoms with E-state index in [1.54, 1.807) is 23.5 Å². The smallest absolute Gasteiger partial charge is 0.271 e. The van der Waals surface area contributed by atoms with Crippen LogP contribution >= 0.6 is 23.1 Å². The predicted molar refractivity (Wildman–Crippen MR) is 143 cm³/mol. The predicted octanol–water partition coefficient (Wildman–Crippen LogP) is 6.20. The van der Waals surface area contributed by atoms with Gasteiger partial charge >= 0.3 is 0 Å². The number of nitrogens with zero attached hydrogens (tertiary/aromatic N) is 2. The van der Waals surface area contributed by atoms with Crippen molar-refractivity contribution in [3.63, 3.8) is 0 Å². The largest absolute Gasteiger partial charge is 0.337 e. The molecular formula is C28H25N3O2S2. The van der Waals surface area contributed by atoms with E-state index in [4.69, 9.17) is 4.98 Å². The number of nitrogens with one attached hydrogen (secondary N) is 1. The van der Waals surface area contributed by atoms with Crippen molar-refractivity contribution in [2.75, 3.05) is 13.1 Å². The minimum atomic E-state index is -0.302. The summed E-state index contributed by atoms with van der Waals surface area (Å²) in [5.41, 5.74) is 2.60. The van der Waals surface area contributed by atoms with Gasteiger partial charge in [-0.1, -0.05) is 72.4 Å². The van der Waals surface area contributed by atoms with Crippen LogP contribution in [0.3, 0.4) is 0 Å². The molecule has 1 aliphatic heterocycles. The highest BCUT2D eigenvalue weighted by Gasteiger charge is 2.27. The summed E-state index contributed by atoms with van der Waals surface area (Å²) >= 11 is 3.01. The van der Waals surface area contributed by atoms with Crippen LogP contribution < -0.4 is 5.32 Å². The van der Waals surface area contributed by atoms with Crippen LogP contribution in [0.25, 0.3) is 15.1 Å². The molecule has 5 nitrogen and oxygen atoms in total.